The minimum atomic E-state index is 0.790. The summed E-state index contributed by atoms with van der Waals surface area (Å²) in [6.07, 6.45) is 4.40. The largest absolute Gasteiger partial charge is 0.497 e. The first kappa shape index (κ1) is 13.3. The van der Waals surface area contributed by atoms with E-state index in [1.165, 1.54) is 5.56 Å². The molecule has 0 unspecified atom stereocenters. The van der Waals surface area contributed by atoms with Crippen molar-refractivity contribution in [2.24, 2.45) is 0 Å². The number of aromatic nitrogens is 2. The Morgan fingerprint density at radius 1 is 0.905 bits per heavy atom. The van der Waals surface area contributed by atoms with Gasteiger partial charge in [0.15, 0.2) is 0 Å². The van der Waals surface area contributed by atoms with E-state index in [0.29, 0.717) is 0 Å². The predicted molar refractivity (Wildman–Crippen MR) is 83.3 cm³/mol. The van der Waals surface area contributed by atoms with E-state index in [2.05, 4.69) is 17.1 Å². The number of methoxy groups -OCH3 is 1. The highest BCUT2D eigenvalue weighted by molar-refractivity contribution is 5.59. The molecule has 0 amide bonds. The highest BCUT2D eigenvalue weighted by atomic mass is 16.5. The molecule has 3 aromatic rings. The third-order valence-corrected chi connectivity index (χ3v) is 3.30. The standard InChI is InChI=1S/C18H16N2O/c1-21-17-9-7-15(8-10-17)18-13-19-12-16(20-18)11-14-5-3-2-4-6-14/h2-10,12-13H,11H2,1H3. The highest BCUT2D eigenvalue weighted by Crippen LogP contribution is 2.20. The molecule has 1 aromatic heterocycles. The van der Waals surface area contributed by atoms with Gasteiger partial charge in [0, 0.05) is 18.2 Å². The Balaban J connectivity index is 1.85. The van der Waals surface area contributed by atoms with E-state index in [1.54, 1.807) is 13.3 Å². The minimum Gasteiger partial charge on any atom is -0.497 e. The van der Waals surface area contributed by atoms with Gasteiger partial charge < -0.3 is 4.74 Å². The monoisotopic (exact) mass is 276 g/mol. The van der Waals surface area contributed by atoms with Crippen molar-refractivity contribution in [1.82, 2.24) is 9.97 Å². The van der Waals surface area contributed by atoms with E-state index in [4.69, 9.17) is 9.72 Å². The lowest BCUT2D eigenvalue weighted by molar-refractivity contribution is 0.415. The molecule has 1 heterocycles. The van der Waals surface area contributed by atoms with Gasteiger partial charge in [-0.15, -0.1) is 0 Å². The number of ether oxygens (including phenoxy) is 1. The molecule has 3 heteroatoms. The van der Waals surface area contributed by atoms with Crippen LogP contribution < -0.4 is 4.74 Å². The zero-order valence-electron chi connectivity index (χ0n) is 11.9. The van der Waals surface area contributed by atoms with Gasteiger partial charge in [-0.3, -0.25) is 4.98 Å². The summed E-state index contributed by atoms with van der Waals surface area (Å²) in [7, 11) is 1.66. The third-order valence-electron chi connectivity index (χ3n) is 3.30. The number of nitrogens with zero attached hydrogens (tertiary/aromatic N) is 2. The molecule has 0 bridgehead atoms. The van der Waals surface area contributed by atoms with Gasteiger partial charge in [-0.2, -0.15) is 0 Å². The molecule has 0 radical (unpaired) electrons. The molecule has 104 valence electrons. The van der Waals surface area contributed by atoms with Crippen molar-refractivity contribution in [1.29, 1.82) is 0 Å². The van der Waals surface area contributed by atoms with Gasteiger partial charge in [0.1, 0.15) is 5.75 Å². The first-order valence-electron chi connectivity index (χ1n) is 6.84. The molecule has 3 rings (SSSR count). The Labute approximate surface area is 124 Å². The predicted octanol–water partition coefficient (Wildman–Crippen LogP) is 3.74. The summed E-state index contributed by atoms with van der Waals surface area (Å²) in [5, 5.41) is 0. The fourth-order valence-electron chi connectivity index (χ4n) is 2.20. The molecule has 0 aliphatic carbocycles. The number of hydrogen-bond donors (Lipinski definition) is 0. The fourth-order valence-corrected chi connectivity index (χ4v) is 2.20. The Morgan fingerprint density at radius 3 is 2.38 bits per heavy atom. The van der Waals surface area contributed by atoms with Crippen molar-refractivity contribution >= 4 is 0 Å². The number of rotatable bonds is 4. The normalized spacial score (nSPS) is 10.3. The molecule has 0 fully saturated rings. The molecule has 0 N–H and O–H groups in total. The Kier molecular flexibility index (Phi) is 3.92. The zero-order chi connectivity index (χ0) is 14.5. The summed E-state index contributed by atoms with van der Waals surface area (Å²) in [5.74, 6) is 0.840. The van der Waals surface area contributed by atoms with Crippen LogP contribution in [0, 0.1) is 0 Å². The minimum absolute atomic E-state index is 0.790. The first-order chi connectivity index (χ1) is 10.3. The maximum absolute atomic E-state index is 5.17. The van der Waals surface area contributed by atoms with Crippen molar-refractivity contribution in [2.45, 2.75) is 6.42 Å². The van der Waals surface area contributed by atoms with Gasteiger partial charge in [0.05, 0.1) is 24.7 Å². The van der Waals surface area contributed by atoms with Crippen LogP contribution in [-0.2, 0) is 6.42 Å². The van der Waals surface area contributed by atoms with E-state index >= 15 is 0 Å². The molecule has 0 aliphatic rings. The van der Waals surface area contributed by atoms with Gasteiger partial charge >= 0.3 is 0 Å². The Bertz CT molecular complexity index is 709. The lowest BCUT2D eigenvalue weighted by Gasteiger charge is -2.05. The highest BCUT2D eigenvalue weighted by Gasteiger charge is 2.03. The van der Waals surface area contributed by atoms with Gasteiger partial charge in [0.25, 0.3) is 0 Å². The van der Waals surface area contributed by atoms with E-state index in [-0.39, 0.29) is 0 Å². The molecule has 3 nitrogen and oxygen atoms in total. The number of hydrogen-bond acceptors (Lipinski definition) is 3. The van der Waals surface area contributed by atoms with E-state index in [0.717, 1.165) is 29.1 Å². The molecule has 21 heavy (non-hydrogen) atoms. The van der Waals surface area contributed by atoms with Crippen molar-refractivity contribution < 1.29 is 4.74 Å². The van der Waals surface area contributed by atoms with Crippen LogP contribution in [0.5, 0.6) is 5.75 Å². The SMILES string of the molecule is COc1ccc(-c2cncc(Cc3ccccc3)n2)cc1. The third kappa shape index (κ3) is 3.26. The molecular formula is C18H16N2O. The number of benzene rings is 2. The quantitative estimate of drug-likeness (QED) is 0.728. The molecule has 0 aliphatic heterocycles. The summed E-state index contributed by atoms with van der Waals surface area (Å²) in [4.78, 5) is 9.00. The van der Waals surface area contributed by atoms with Crippen molar-refractivity contribution in [3.05, 3.63) is 78.2 Å². The smallest absolute Gasteiger partial charge is 0.118 e. The van der Waals surface area contributed by atoms with Gasteiger partial charge in [-0.05, 0) is 29.8 Å². The average Bonchev–Trinajstić information content (AvgIpc) is 2.56. The Hall–Kier alpha value is -2.68. The molecule has 0 spiro atoms. The summed E-state index contributed by atoms with van der Waals surface area (Å²) in [6, 6.07) is 18.1. The van der Waals surface area contributed by atoms with Crippen LogP contribution in [0.3, 0.4) is 0 Å². The topological polar surface area (TPSA) is 35.0 Å². The van der Waals surface area contributed by atoms with Crippen LogP contribution >= 0.6 is 0 Å². The van der Waals surface area contributed by atoms with Gasteiger partial charge in [-0.25, -0.2) is 4.98 Å². The molecule has 0 saturated carbocycles. The van der Waals surface area contributed by atoms with E-state index in [1.807, 2.05) is 48.7 Å². The molecule has 0 atom stereocenters. The van der Waals surface area contributed by atoms with Crippen LogP contribution in [-0.4, -0.2) is 17.1 Å². The second kappa shape index (κ2) is 6.18. The Morgan fingerprint density at radius 2 is 1.67 bits per heavy atom. The zero-order valence-corrected chi connectivity index (χ0v) is 11.9. The van der Waals surface area contributed by atoms with Crippen LogP contribution in [0.1, 0.15) is 11.3 Å². The van der Waals surface area contributed by atoms with Crippen LogP contribution in [0.15, 0.2) is 67.0 Å². The maximum atomic E-state index is 5.17. The van der Waals surface area contributed by atoms with Crippen molar-refractivity contribution in [3.63, 3.8) is 0 Å². The molecular weight excluding hydrogens is 260 g/mol. The molecule has 0 saturated heterocycles. The average molecular weight is 276 g/mol. The summed E-state index contributed by atoms with van der Waals surface area (Å²) < 4.78 is 5.17. The van der Waals surface area contributed by atoms with Crippen LogP contribution in [0.4, 0.5) is 0 Å². The second-order valence-corrected chi connectivity index (χ2v) is 4.79. The summed E-state index contributed by atoms with van der Waals surface area (Å²) >= 11 is 0. The van der Waals surface area contributed by atoms with Crippen LogP contribution in [0.25, 0.3) is 11.3 Å². The first-order valence-corrected chi connectivity index (χ1v) is 6.84. The van der Waals surface area contributed by atoms with Crippen molar-refractivity contribution in [3.8, 4) is 17.0 Å². The second-order valence-electron chi connectivity index (χ2n) is 4.79. The molecule has 2 aromatic carbocycles. The lowest BCUT2D eigenvalue weighted by Crippen LogP contribution is -1.95. The maximum Gasteiger partial charge on any atom is 0.118 e. The van der Waals surface area contributed by atoms with Crippen LogP contribution in [0.2, 0.25) is 0 Å². The van der Waals surface area contributed by atoms with Gasteiger partial charge in [-0.1, -0.05) is 30.3 Å². The lowest BCUT2D eigenvalue weighted by atomic mass is 10.1. The van der Waals surface area contributed by atoms with Crippen molar-refractivity contribution in [2.75, 3.05) is 7.11 Å². The summed E-state index contributed by atoms with van der Waals surface area (Å²) in [5.41, 5.74) is 4.12. The van der Waals surface area contributed by atoms with E-state index < -0.39 is 0 Å². The summed E-state index contributed by atoms with van der Waals surface area (Å²) in [6.45, 7) is 0. The van der Waals surface area contributed by atoms with Gasteiger partial charge in [0.2, 0.25) is 0 Å². The van der Waals surface area contributed by atoms with E-state index in [9.17, 15) is 0 Å². The fraction of sp³-hybridized carbons (Fsp3) is 0.111.